The van der Waals surface area contributed by atoms with Gasteiger partial charge in [0, 0.05) is 200 Å². The summed E-state index contributed by atoms with van der Waals surface area (Å²) in [5.41, 5.74) is 39.5. The van der Waals surface area contributed by atoms with Gasteiger partial charge in [-0.3, -0.25) is 0 Å². The van der Waals surface area contributed by atoms with Crippen LogP contribution in [0.1, 0.15) is 149 Å². The molecule has 145 heavy (non-hydrogen) atoms. The summed E-state index contributed by atoms with van der Waals surface area (Å²) in [5, 5.41) is 0. The smallest absolute Gasteiger partial charge is 0.123 e. The van der Waals surface area contributed by atoms with Crippen LogP contribution in [0.15, 0.2) is 425 Å². The van der Waals surface area contributed by atoms with Gasteiger partial charge in [-0.05, 0) is 176 Å². The van der Waals surface area contributed by atoms with E-state index in [2.05, 4.69) is 333 Å². The molecular formula is C129H95F2Ir6N7O-6. The molecule has 27 rings (SSSR count). The van der Waals surface area contributed by atoms with Crippen LogP contribution >= 0.6 is 0 Å². The van der Waals surface area contributed by atoms with Crippen molar-refractivity contribution in [3.05, 3.63) is 601 Å². The maximum absolute atomic E-state index is 13.7. The molecule has 6 aromatic heterocycles. The molecule has 14 aromatic carbocycles. The van der Waals surface area contributed by atoms with Crippen LogP contribution in [-0.2, 0) is 164 Å². The van der Waals surface area contributed by atoms with Crippen LogP contribution in [0.5, 0.6) is 0 Å². The summed E-state index contributed by atoms with van der Waals surface area (Å²) >= 11 is 0. The summed E-state index contributed by atoms with van der Waals surface area (Å²) in [7, 11) is 3.95. The normalized spacial score (nSPS) is 15.4. The van der Waals surface area contributed by atoms with E-state index in [0.29, 0.717) is 0 Å². The van der Waals surface area contributed by atoms with Crippen LogP contribution in [0, 0.1) is 61.9 Å². The number of anilines is 1. The van der Waals surface area contributed by atoms with Crippen molar-refractivity contribution in [1.29, 1.82) is 0 Å². The van der Waals surface area contributed by atoms with Gasteiger partial charge in [0.1, 0.15) is 17.2 Å². The molecule has 7 aliphatic rings. The zero-order chi connectivity index (χ0) is 94.6. The van der Waals surface area contributed by atoms with Crippen molar-refractivity contribution in [3.8, 4) is 67.5 Å². The number of fused-ring (bicyclic) bond motifs is 20. The Morgan fingerprint density at radius 3 is 0.938 bits per heavy atom. The minimum atomic E-state index is -0.696. The molecule has 0 spiro atoms. The summed E-state index contributed by atoms with van der Waals surface area (Å²) < 4.78 is 33.4. The second-order valence-electron chi connectivity index (χ2n) is 36.9. The van der Waals surface area contributed by atoms with Gasteiger partial charge < -0.3 is 39.5 Å². The molecule has 1 aliphatic heterocycles. The van der Waals surface area contributed by atoms with Crippen molar-refractivity contribution in [2.75, 3.05) is 25.6 Å². The zero-order valence-electron chi connectivity index (χ0n) is 80.1. The fraction of sp³-hybridized carbons (Fsp3) is 0.116. The monoisotopic (exact) mass is 2950 g/mol. The first-order chi connectivity index (χ1) is 68.1. The van der Waals surface area contributed by atoms with Crippen molar-refractivity contribution in [1.82, 2.24) is 29.9 Å². The maximum atomic E-state index is 13.7. The van der Waals surface area contributed by atoms with Gasteiger partial charge in [0.05, 0.1) is 0 Å². The molecular weight excluding hydrogens is 2850 g/mol. The summed E-state index contributed by atoms with van der Waals surface area (Å²) in [6.07, 6.45) is 12.2. The molecule has 0 amide bonds. The van der Waals surface area contributed by atoms with Crippen molar-refractivity contribution < 1.29 is 134 Å². The molecule has 0 saturated heterocycles. The number of rotatable bonds is 9. The predicted octanol–water partition coefficient (Wildman–Crippen LogP) is 27.8. The van der Waals surface area contributed by atoms with E-state index in [-0.39, 0.29) is 154 Å². The van der Waals surface area contributed by atoms with Crippen molar-refractivity contribution >= 4 is 5.69 Å². The molecule has 726 valence electrons. The molecule has 0 N–H and O–H groups in total. The molecule has 6 radical (unpaired) electrons. The number of halogens is 2. The van der Waals surface area contributed by atoms with E-state index >= 15 is 0 Å². The van der Waals surface area contributed by atoms with E-state index in [1.165, 1.54) is 125 Å². The number of aromatic nitrogens is 6. The molecule has 20 aromatic rings. The number of pyridine rings is 6. The topological polar surface area (TPSA) is 89.8 Å². The molecule has 16 heteroatoms. The van der Waals surface area contributed by atoms with Crippen LogP contribution in [0.3, 0.4) is 0 Å². The molecule has 8 nitrogen and oxygen atoms in total. The van der Waals surface area contributed by atoms with Crippen LogP contribution < -0.4 is 4.90 Å². The van der Waals surface area contributed by atoms with Crippen molar-refractivity contribution in [2.24, 2.45) is 0 Å². The first-order valence-corrected chi connectivity index (χ1v) is 47.2. The van der Waals surface area contributed by atoms with E-state index in [4.69, 9.17) is 14.7 Å². The number of aryl methyl sites for hydroxylation is 2. The minimum Gasteiger partial charge on any atom is -0.390 e. The van der Waals surface area contributed by atoms with Crippen LogP contribution in [0.25, 0.3) is 67.5 Å². The molecule has 2 atom stereocenters. The molecule has 0 saturated carbocycles. The molecule has 6 aliphatic carbocycles. The Kier molecular flexibility index (Phi) is 32.0. The Bertz CT molecular complexity index is 7460. The largest absolute Gasteiger partial charge is 0.390 e. The Morgan fingerprint density at radius 2 is 0.559 bits per heavy atom. The number of methoxy groups -OCH3 is 1. The third kappa shape index (κ3) is 17.6. The number of benzene rings is 14. The van der Waals surface area contributed by atoms with Gasteiger partial charge in [-0.15, -0.1) is 195 Å². The molecule has 2 unspecified atom stereocenters. The Labute approximate surface area is 928 Å². The van der Waals surface area contributed by atoms with E-state index in [0.717, 1.165) is 114 Å². The van der Waals surface area contributed by atoms with Gasteiger partial charge in [0.25, 0.3) is 0 Å². The fourth-order valence-electron chi connectivity index (χ4n) is 23.0. The summed E-state index contributed by atoms with van der Waals surface area (Å²) in [4.78, 5) is 30.2. The van der Waals surface area contributed by atoms with Gasteiger partial charge in [0.15, 0.2) is 0 Å². The van der Waals surface area contributed by atoms with E-state index in [1.54, 1.807) is 37.6 Å². The number of hydrogen-bond acceptors (Lipinski definition) is 8. The number of ether oxygens (including phenoxy) is 1. The summed E-state index contributed by atoms with van der Waals surface area (Å²) in [6.45, 7) is 12.3. The average Bonchev–Trinajstić information content (AvgIpc) is 1.53. The third-order valence-electron chi connectivity index (χ3n) is 29.2. The summed E-state index contributed by atoms with van der Waals surface area (Å²) in [6, 6.07) is 151. The van der Waals surface area contributed by atoms with E-state index in [1.807, 2.05) is 140 Å². The molecule has 0 fully saturated rings. The van der Waals surface area contributed by atoms with Crippen LogP contribution in [0.2, 0.25) is 0 Å². The van der Waals surface area contributed by atoms with Crippen LogP contribution in [0.4, 0.5) is 14.5 Å². The van der Waals surface area contributed by atoms with Crippen molar-refractivity contribution in [3.63, 3.8) is 0 Å². The fourth-order valence-corrected chi connectivity index (χ4v) is 23.0. The summed E-state index contributed by atoms with van der Waals surface area (Å²) in [5.74, 6) is -0.588. The predicted molar refractivity (Wildman–Crippen MR) is 550 cm³/mol. The van der Waals surface area contributed by atoms with Gasteiger partial charge in [-0.2, -0.15) is 0 Å². The van der Waals surface area contributed by atoms with Gasteiger partial charge in [-0.1, -0.05) is 301 Å². The van der Waals surface area contributed by atoms with Gasteiger partial charge in [-0.25, -0.2) is 8.78 Å². The Morgan fingerprint density at radius 1 is 0.276 bits per heavy atom. The first-order valence-electron chi connectivity index (χ1n) is 47.2. The van der Waals surface area contributed by atoms with Crippen LogP contribution in [-0.4, -0.2) is 50.6 Å². The maximum Gasteiger partial charge on any atom is 0.123 e. The van der Waals surface area contributed by atoms with E-state index in [9.17, 15) is 8.78 Å². The standard InChI is InChI=1S/C26H20N.C24H14F2N.C24H16N.C19H14NO.C19H14N.C17H17N2.6Ir/c1-18-9-13-20(14-10-18)26(21-15-11-19(2)12-16-21)23-7-4-3-6-22(23)25-24(26)8-5-17-27-25;25-18-11-7-16(8-12-18)24(17-9-13-19(26)14-10-17)21-5-2-1-4-20(21)23-22(24)6-3-15-27-23;1-3-10-18(11-4-1)24(19-12-5-2-6-13-19)21-15-8-7-14-20(21)23-22(24)16-9-17-25-23;1-21-19(14-8-3-2-4-9-14)16-11-6-5-10-15(16)18-17(19)12-7-13-20-18;1-19(14-8-3-2-4-9-14)16-11-6-5-10-15(16)18-17(19)12-7-13-20-18;1-17(2)13-5-4-9-18-15(13)12-7-6-11-8-10-19(3)16(11)14(12)17;;;;;;/h3-5,7-17H,1-2H3;1-3,5-15H;1-13,15-17H;2-9,11-13H,1H3;2-9,11-13H,1H3;4-6,9H,8,10H2,1-3H3;;;;;;/q6*-1;;;;;;. The first kappa shape index (κ1) is 105. The minimum absolute atomic E-state index is 0. The van der Waals surface area contributed by atoms with Gasteiger partial charge >= 0.3 is 0 Å². The third-order valence-corrected chi connectivity index (χ3v) is 29.2. The second kappa shape index (κ2) is 44.0. The Hall–Kier alpha value is -12.5. The Balaban J connectivity index is 0.000000124. The second-order valence-corrected chi connectivity index (χ2v) is 36.9. The van der Waals surface area contributed by atoms with E-state index < -0.39 is 11.0 Å². The quantitative estimate of drug-likeness (QED) is 0.132. The number of nitrogens with zero attached hydrogens (tertiary/aromatic N) is 7. The number of likely N-dealkylation sites (N-methyl/N-ethyl adjacent to an activating group) is 1. The van der Waals surface area contributed by atoms with Crippen molar-refractivity contribution in [2.45, 2.75) is 73.7 Å². The zero-order valence-corrected chi connectivity index (χ0v) is 94.5. The SMILES string of the molecule is CC1(c2ccccc2)c2ccc[c-]c2-c2ncccc21.CN1CCc2c[c-]c3c(c21)C(C)(C)c1cccnc1-3.COC1(c2ccccc2)c2ccc[c-]c2-c2ncccc21.Cc1ccc(C2(c3ccc(C)cc3)c3ccc[c-]c3-c3ncccc32)cc1.Fc1ccc(C2(c3ccc(F)cc3)c3ccc[c-]c3-c3ncccc32)cc1.[Ir].[Ir].[Ir].[Ir].[Ir].[Ir].[c-]1cccc2c1-c1ncccc1C2(c1ccccc1)c1ccccc1. The van der Waals surface area contributed by atoms with Gasteiger partial charge in [0.2, 0.25) is 0 Å². The molecule has 0 bridgehead atoms. The molecule has 7 heterocycles. The average molecular weight is 2950 g/mol. The number of hydrogen-bond donors (Lipinski definition) is 0.